The maximum atomic E-state index is 5.35. The maximum Gasteiger partial charge on any atom is 0.147 e. The van der Waals surface area contributed by atoms with E-state index >= 15 is 0 Å². The molecule has 0 aliphatic heterocycles. The summed E-state index contributed by atoms with van der Waals surface area (Å²) in [6.45, 7) is 1.99. The minimum atomic E-state index is 0.444. The lowest BCUT2D eigenvalue weighted by atomic mass is 9.88. The highest BCUT2D eigenvalue weighted by Gasteiger charge is 2.30. The van der Waals surface area contributed by atoms with Crippen molar-refractivity contribution in [3.8, 4) is 5.75 Å². The van der Waals surface area contributed by atoms with Crippen LogP contribution >= 0.6 is 43.6 Å². The van der Waals surface area contributed by atoms with Crippen LogP contribution in [0.3, 0.4) is 0 Å². The smallest absolute Gasteiger partial charge is 0.147 e. The number of nitrogens with one attached hydrogen (secondary N) is 1. The molecular weight excluding hydrogens is 414 g/mol. The van der Waals surface area contributed by atoms with Gasteiger partial charge in [-0.05, 0) is 68.7 Å². The Bertz CT molecular complexity index is 452. The average Bonchev–Trinajstić information content (AvgIpc) is 2.48. The van der Waals surface area contributed by atoms with Crippen LogP contribution in [-0.4, -0.2) is 24.7 Å². The molecule has 5 heteroatoms. The molecule has 0 heterocycles. The van der Waals surface area contributed by atoms with E-state index in [1.54, 1.807) is 7.11 Å². The molecule has 1 aliphatic carbocycles. The Kier molecular flexibility index (Phi) is 6.91. The summed E-state index contributed by atoms with van der Waals surface area (Å²) in [6, 6.07) is 4.26. The molecule has 118 valence electrons. The molecule has 1 aromatic carbocycles. The zero-order valence-corrected chi connectivity index (χ0v) is 16.7. The molecule has 0 amide bonds. The van der Waals surface area contributed by atoms with Crippen molar-refractivity contribution in [3.63, 3.8) is 0 Å². The van der Waals surface area contributed by atoms with Crippen LogP contribution in [0.4, 0.5) is 0 Å². The minimum absolute atomic E-state index is 0.444. The van der Waals surface area contributed by atoms with Crippen molar-refractivity contribution >= 4 is 43.6 Å². The Hall–Kier alpha value is 0.290. The summed E-state index contributed by atoms with van der Waals surface area (Å²) in [4.78, 5) is 0. The lowest BCUT2D eigenvalue weighted by molar-refractivity contribution is 0.379. The first kappa shape index (κ1) is 17.6. The zero-order chi connectivity index (χ0) is 15.3. The molecule has 1 aromatic rings. The quantitative estimate of drug-likeness (QED) is 0.646. The molecule has 0 unspecified atom stereocenters. The van der Waals surface area contributed by atoms with Gasteiger partial charge in [0.05, 0.1) is 16.1 Å². The Morgan fingerprint density at radius 1 is 1.19 bits per heavy atom. The van der Waals surface area contributed by atoms with Crippen LogP contribution in [0.1, 0.15) is 37.7 Å². The largest absolute Gasteiger partial charge is 0.494 e. The van der Waals surface area contributed by atoms with Gasteiger partial charge in [0.1, 0.15) is 5.75 Å². The summed E-state index contributed by atoms with van der Waals surface area (Å²) in [5, 5.41) is 3.65. The van der Waals surface area contributed by atoms with Crippen molar-refractivity contribution < 1.29 is 4.74 Å². The van der Waals surface area contributed by atoms with Crippen LogP contribution in [-0.2, 0) is 6.54 Å². The molecule has 1 fully saturated rings. The fourth-order valence-corrected chi connectivity index (χ4v) is 5.54. The molecular formula is C16H23Br2NOS. The van der Waals surface area contributed by atoms with E-state index in [2.05, 4.69) is 55.6 Å². The molecule has 1 N–H and O–H groups in total. The minimum Gasteiger partial charge on any atom is -0.494 e. The van der Waals surface area contributed by atoms with E-state index < -0.39 is 0 Å². The van der Waals surface area contributed by atoms with Crippen molar-refractivity contribution in [3.05, 3.63) is 26.6 Å². The Labute approximate surface area is 149 Å². The van der Waals surface area contributed by atoms with E-state index in [-0.39, 0.29) is 0 Å². The topological polar surface area (TPSA) is 21.3 Å². The van der Waals surface area contributed by atoms with Gasteiger partial charge in [0.15, 0.2) is 0 Å². The Morgan fingerprint density at radius 3 is 2.33 bits per heavy atom. The van der Waals surface area contributed by atoms with E-state index in [1.807, 2.05) is 11.8 Å². The Balaban J connectivity index is 1.94. The van der Waals surface area contributed by atoms with Crippen LogP contribution in [0.2, 0.25) is 0 Å². The third-order valence-corrected chi connectivity index (χ3v) is 6.83. The number of hydrogen-bond donors (Lipinski definition) is 1. The van der Waals surface area contributed by atoms with Crippen molar-refractivity contribution in [2.75, 3.05) is 19.9 Å². The van der Waals surface area contributed by atoms with Crippen LogP contribution in [0.5, 0.6) is 5.75 Å². The van der Waals surface area contributed by atoms with Gasteiger partial charge in [-0.2, -0.15) is 11.8 Å². The average molecular weight is 437 g/mol. The molecule has 2 rings (SSSR count). The fourth-order valence-electron chi connectivity index (χ4n) is 2.99. The highest BCUT2D eigenvalue weighted by atomic mass is 79.9. The van der Waals surface area contributed by atoms with Gasteiger partial charge in [-0.25, -0.2) is 0 Å². The van der Waals surface area contributed by atoms with Gasteiger partial charge in [0.2, 0.25) is 0 Å². The van der Waals surface area contributed by atoms with Crippen molar-refractivity contribution in [2.24, 2.45) is 0 Å². The van der Waals surface area contributed by atoms with Gasteiger partial charge >= 0.3 is 0 Å². The summed E-state index contributed by atoms with van der Waals surface area (Å²) in [6.07, 6.45) is 9.10. The van der Waals surface area contributed by atoms with Crippen molar-refractivity contribution in [2.45, 2.75) is 43.4 Å². The van der Waals surface area contributed by atoms with Crippen LogP contribution in [0.15, 0.2) is 21.1 Å². The second kappa shape index (κ2) is 8.23. The third-order valence-electron chi connectivity index (χ3n) is 4.24. The lowest BCUT2D eigenvalue weighted by Crippen LogP contribution is -2.39. The normalized spacial score (nSPS) is 17.7. The first-order chi connectivity index (χ1) is 10.1. The lowest BCUT2D eigenvalue weighted by Gasteiger charge is -2.36. The molecule has 1 saturated carbocycles. The van der Waals surface area contributed by atoms with Crippen LogP contribution in [0.25, 0.3) is 0 Å². The van der Waals surface area contributed by atoms with E-state index in [0.29, 0.717) is 4.75 Å². The summed E-state index contributed by atoms with van der Waals surface area (Å²) in [5.41, 5.74) is 1.27. The standard InChI is InChI=1S/C16H23Br2NOS/c1-20-15-13(17)8-12(9-14(15)18)10-19-11-16(21-2)6-4-3-5-7-16/h8-9,19H,3-7,10-11H2,1-2H3. The van der Waals surface area contributed by atoms with Gasteiger partial charge in [0.25, 0.3) is 0 Å². The van der Waals surface area contributed by atoms with Crippen LogP contribution in [0, 0.1) is 0 Å². The highest BCUT2D eigenvalue weighted by molar-refractivity contribution is 9.11. The molecule has 1 aliphatic rings. The van der Waals surface area contributed by atoms with Gasteiger partial charge in [-0.1, -0.05) is 19.3 Å². The van der Waals surface area contributed by atoms with E-state index in [9.17, 15) is 0 Å². The second-order valence-electron chi connectivity index (χ2n) is 5.64. The second-order valence-corrected chi connectivity index (χ2v) is 8.63. The predicted octanol–water partition coefficient (Wildman–Crippen LogP) is 5.38. The highest BCUT2D eigenvalue weighted by Crippen LogP contribution is 2.38. The van der Waals surface area contributed by atoms with Gasteiger partial charge in [-0.3, -0.25) is 0 Å². The van der Waals surface area contributed by atoms with Crippen molar-refractivity contribution in [1.29, 1.82) is 0 Å². The van der Waals surface area contributed by atoms with Crippen molar-refractivity contribution in [1.82, 2.24) is 5.32 Å². The number of hydrogen-bond acceptors (Lipinski definition) is 3. The predicted molar refractivity (Wildman–Crippen MR) is 99.4 cm³/mol. The van der Waals surface area contributed by atoms with Gasteiger partial charge in [-0.15, -0.1) is 0 Å². The van der Waals surface area contributed by atoms with E-state index in [4.69, 9.17) is 4.74 Å². The summed E-state index contributed by atoms with van der Waals surface area (Å²) in [7, 11) is 1.69. The number of benzene rings is 1. The van der Waals surface area contributed by atoms with E-state index in [0.717, 1.165) is 27.8 Å². The molecule has 0 aromatic heterocycles. The van der Waals surface area contributed by atoms with E-state index in [1.165, 1.54) is 37.7 Å². The first-order valence-electron chi connectivity index (χ1n) is 7.38. The number of methoxy groups -OCH3 is 1. The zero-order valence-electron chi connectivity index (χ0n) is 12.7. The van der Waals surface area contributed by atoms with Gasteiger partial charge < -0.3 is 10.1 Å². The molecule has 0 radical (unpaired) electrons. The molecule has 0 spiro atoms. The number of ether oxygens (including phenoxy) is 1. The molecule has 0 atom stereocenters. The fraction of sp³-hybridized carbons (Fsp3) is 0.625. The summed E-state index contributed by atoms with van der Waals surface area (Å²) >= 11 is 9.17. The molecule has 21 heavy (non-hydrogen) atoms. The SMILES string of the molecule is COc1c(Br)cc(CNCC2(SC)CCCCC2)cc1Br. The Morgan fingerprint density at radius 2 is 1.81 bits per heavy atom. The third kappa shape index (κ3) is 4.63. The monoisotopic (exact) mass is 435 g/mol. The van der Waals surface area contributed by atoms with Crippen LogP contribution < -0.4 is 10.1 Å². The molecule has 0 bridgehead atoms. The molecule has 2 nitrogen and oxygen atoms in total. The summed E-state index contributed by atoms with van der Waals surface area (Å²) < 4.78 is 7.78. The number of thioether (sulfide) groups is 1. The number of halogens is 2. The number of rotatable bonds is 6. The first-order valence-corrected chi connectivity index (χ1v) is 10.2. The summed E-state index contributed by atoms with van der Waals surface area (Å²) in [5.74, 6) is 0.853. The van der Waals surface area contributed by atoms with Gasteiger partial charge in [0, 0.05) is 17.8 Å². The molecule has 0 saturated heterocycles. The maximum absolute atomic E-state index is 5.35.